The van der Waals surface area contributed by atoms with Crippen molar-refractivity contribution in [1.82, 2.24) is 25.2 Å². The molecular weight excluding hydrogens is 411 g/mol. The number of amides is 1. The second-order valence-electron chi connectivity index (χ2n) is 5.40. The number of anilines is 1. The largest absolute Gasteiger partial charge is 0.321 e. The zero-order chi connectivity index (χ0) is 19.0. The van der Waals surface area contributed by atoms with Crippen LogP contribution in [0, 0.1) is 12.7 Å². The number of halogens is 2. The van der Waals surface area contributed by atoms with Crippen molar-refractivity contribution in [3.63, 3.8) is 0 Å². The number of hydrogen-bond acceptors (Lipinski definition) is 7. The van der Waals surface area contributed by atoms with E-state index in [0.29, 0.717) is 20.9 Å². The molecule has 3 aromatic heterocycles. The summed E-state index contributed by atoms with van der Waals surface area (Å²) in [7, 11) is 0. The third-order valence-electron chi connectivity index (χ3n) is 3.58. The fourth-order valence-corrected chi connectivity index (χ4v) is 4.24. The summed E-state index contributed by atoms with van der Waals surface area (Å²) < 4.78 is 16.0. The van der Waals surface area contributed by atoms with Gasteiger partial charge in [0.2, 0.25) is 0 Å². The number of thiazole rings is 1. The molecule has 0 atom stereocenters. The Morgan fingerprint density at radius 2 is 2.15 bits per heavy atom. The molecule has 1 amide bonds. The van der Waals surface area contributed by atoms with E-state index in [-0.39, 0.29) is 11.4 Å². The summed E-state index contributed by atoms with van der Waals surface area (Å²) in [6.07, 6.45) is 0. The first-order valence-electron chi connectivity index (χ1n) is 7.59. The first kappa shape index (κ1) is 17.7. The lowest BCUT2D eigenvalue weighted by atomic mass is 10.2. The van der Waals surface area contributed by atoms with Gasteiger partial charge in [0.1, 0.15) is 22.2 Å². The number of hydrogen-bond donors (Lipinski definition) is 1. The Bertz CT molecular complexity index is 1140. The second-order valence-corrected chi connectivity index (χ2v) is 7.97. The van der Waals surface area contributed by atoms with Crippen LogP contribution in [0.4, 0.5) is 10.1 Å². The lowest BCUT2D eigenvalue weighted by Crippen LogP contribution is -2.13. The average Bonchev–Trinajstić information content (AvgIpc) is 3.37. The number of aryl methyl sites for hydroxylation is 1. The smallest absolute Gasteiger partial charge is 0.275 e. The van der Waals surface area contributed by atoms with E-state index in [9.17, 15) is 9.18 Å². The molecule has 0 fully saturated rings. The summed E-state index contributed by atoms with van der Waals surface area (Å²) in [6, 6.07) is 7.80. The number of carbonyl (C=O) groups excluding carboxylic acids is 1. The number of tetrazole rings is 1. The number of aromatic nitrogens is 5. The second kappa shape index (κ2) is 7.14. The van der Waals surface area contributed by atoms with E-state index in [1.807, 2.05) is 6.07 Å². The molecule has 4 rings (SSSR count). The molecule has 136 valence electrons. The highest BCUT2D eigenvalue weighted by molar-refractivity contribution is 7.23. The van der Waals surface area contributed by atoms with Crippen LogP contribution in [0.15, 0.2) is 35.7 Å². The number of thiophene rings is 1. The number of carbonyl (C=O) groups is 1. The molecule has 0 radical (unpaired) electrons. The predicted octanol–water partition coefficient (Wildman–Crippen LogP) is 4.20. The van der Waals surface area contributed by atoms with Gasteiger partial charge in [0, 0.05) is 11.1 Å². The molecule has 0 unspecified atom stereocenters. The standard InChI is InChI=1S/C16H10ClFN6OS2/c1-8-21-22-23-24(8)12-6-9(2-3-10(12)18)19-15(25)11-7-26-16(20-11)13-4-5-14(17)27-13/h2-7H,1H3,(H,19,25). The van der Waals surface area contributed by atoms with Crippen molar-refractivity contribution in [1.29, 1.82) is 0 Å². The Morgan fingerprint density at radius 3 is 2.85 bits per heavy atom. The summed E-state index contributed by atoms with van der Waals surface area (Å²) in [6.45, 7) is 1.65. The average molecular weight is 421 g/mol. The van der Waals surface area contributed by atoms with Gasteiger partial charge >= 0.3 is 0 Å². The fourth-order valence-electron chi connectivity index (χ4n) is 2.32. The van der Waals surface area contributed by atoms with Crippen molar-refractivity contribution in [3.8, 4) is 15.6 Å². The molecule has 0 aliphatic heterocycles. The maximum Gasteiger partial charge on any atom is 0.275 e. The molecule has 0 aliphatic rings. The highest BCUT2D eigenvalue weighted by atomic mass is 35.5. The third kappa shape index (κ3) is 3.59. The van der Waals surface area contributed by atoms with Gasteiger partial charge in [-0.25, -0.2) is 9.37 Å². The normalized spacial score (nSPS) is 10.9. The lowest BCUT2D eigenvalue weighted by molar-refractivity contribution is 0.102. The molecule has 0 spiro atoms. The van der Waals surface area contributed by atoms with E-state index >= 15 is 0 Å². The van der Waals surface area contributed by atoms with Crippen molar-refractivity contribution in [2.45, 2.75) is 6.92 Å². The maximum absolute atomic E-state index is 14.1. The van der Waals surface area contributed by atoms with Crippen LogP contribution in [-0.2, 0) is 0 Å². The molecule has 1 N–H and O–H groups in total. The Labute approximate surface area is 165 Å². The lowest BCUT2D eigenvalue weighted by Gasteiger charge is -2.08. The van der Waals surface area contributed by atoms with Crippen LogP contribution in [0.2, 0.25) is 4.34 Å². The van der Waals surface area contributed by atoms with Crippen LogP contribution in [0.25, 0.3) is 15.6 Å². The molecule has 27 heavy (non-hydrogen) atoms. The van der Waals surface area contributed by atoms with Gasteiger partial charge in [-0.2, -0.15) is 4.68 Å². The molecular formula is C16H10ClFN6OS2. The van der Waals surface area contributed by atoms with E-state index in [0.717, 1.165) is 4.88 Å². The highest BCUT2D eigenvalue weighted by Crippen LogP contribution is 2.33. The van der Waals surface area contributed by atoms with Crippen molar-refractivity contribution >= 4 is 45.9 Å². The molecule has 1 aromatic carbocycles. The molecule has 0 bridgehead atoms. The van der Waals surface area contributed by atoms with Gasteiger partial charge in [0.05, 0.1) is 9.21 Å². The van der Waals surface area contributed by atoms with Crippen molar-refractivity contribution in [3.05, 3.63) is 57.4 Å². The van der Waals surface area contributed by atoms with Crippen LogP contribution in [-0.4, -0.2) is 31.1 Å². The number of nitrogens with zero attached hydrogens (tertiary/aromatic N) is 5. The van der Waals surface area contributed by atoms with E-state index in [1.54, 1.807) is 18.4 Å². The van der Waals surface area contributed by atoms with Crippen LogP contribution in [0.3, 0.4) is 0 Å². The summed E-state index contributed by atoms with van der Waals surface area (Å²) in [4.78, 5) is 17.7. The van der Waals surface area contributed by atoms with Gasteiger partial charge in [0.15, 0.2) is 5.82 Å². The van der Waals surface area contributed by atoms with E-state index in [4.69, 9.17) is 11.6 Å². The monoisotopic (exact) mass is 420 g/mol. The van der Waals surface area contributed by atoms with Crippen molar-refractivity contribution in [2.24, 2.45) is 0 Å². The number of benzene rings is 1. The van der Waals surface area contributed by atoms with Gasteiger partial charge in [-0.05, 0) is 47.7 Å². The molecule has 7 nitrogen and oxygen atoms in total. The predicted molar refractivity (Wildman–Crippen MR) is 102 cm³/mol. The summed E-state index contributed by atoms with van der Waals surface area (Å²) in [5.41, 5.74) is 0.812. The van der Waals surface area contributed by atoms with Gasteiger partial charge in [-0.1, -0.05) is 11.6 Å². The molecule has 4 aromatic rings. The highest BCUT2D eigenvalue weighted by Gasteiger charge is 2.15. The van der Waals surface area contributed by atoms with E-state index in [1.165, 1.54) is 45.6 Å². The van der Waals surface area contributed by atoms with Crippen molar-refractivity contribution < 1.29 is 9.18 Å². The Morgan fingerprint density at radius 1 is 1.30 bits per heavy atom. The van der Waals surface area contributed by atoms with Crippen LogP contribution < -0.4 is 5.32 Å². The first-order chi connectivity index (χ1) is 13.0. The van der Waals surface area contributed by atoms with Crippen molar-refractivity contribution in [2.75, 3.05) is 5.32 Å². The molecule has 0 aliphatic carbocycles. The Hall–Kier alpha value is -2.69. The van der Waals surface area contributed by atoms with Crippen LogP contribution >= 0.6 is 34.3 Å². The molecule has 11 heteroatoms. The maximum atomic E-state index is 14.1. The number of nitrogens with one attached hydrogen (secondary N) is 1. The minimum Gasteiger partial charge on any atom is -0.321 e. The molecule has 3 heterocycles. The number of rotatable bonds is 4. The first-order valence-corrected chi connectivity index (χ1v) is 9.66. The zero-order valence-corrected chi connectivity index (χ0v) is 16.1. The summed E-state index contributed by atoms with van der Waals surface area (Å²) in [5, 5.41) is 16.1. The third-order valence-corrected chi connectivity index (χ3v) is 5.82. The van der Waals surface area contributed by atoms with Gasteiger partial charge < -0.3 is 5.32 Å². The van der Waals surface area contributed by atoms with Gasteiger partial charge in [-0.15, -0.1) is 27.8 Å². The Balaban J connectivity index is 1.57. The topological polar surface area (TPSA) is 85.6 Å². The van der Waals surface area contributed by atoms with Gasteiger partial charge in [0.25, 0.3) is 5.91 Å². The summed E-state index contributed by atoms with van der Waals surface area (Å²) >= 11 is 8.68. The Kier molecular flexibility index (Phi) is 4.68. The minimum atomic E-state index is -0.506. The fraction of sp³-hybridized carbons (Fsp3) is 0.0625. The van der Waals surface area contributed by atoms with Crippen LogP contribution in [0.1, 0.15) is 16.3 Å². The van der Waals surface area contributed by atoms with Gasteiger partial charge in [-0.3, -0.25) is 4.79 Å². The molecule has 0 saturated carbocycles. The quantitative estimate of drug-likeness (QED) is 0.534. The van der Waals surface area contributed by atoms with E-state index in [2.05, 4.69) is 25.8 Å². The minimum absolute atomic E-state index is 0.141. The zero-order valence-electron chi connectivity index (χ0n) is 13.7. The van der Waals surface area contributed by atoms with E-state index < -0.39 is 11.7 Å². The SMILES string of the molecule is Cc1nnnn1-c1cc(NC(=O)c2csc(-c3ccc(Cl)s3)n2)ccc1F. The molecule has 0 saturated heterocycles. The summed E-state index contributed by atoms with van der Waals surface area (Å²) in [5.74, 6) is -0.476. The van der Waals surface area contributed by atoms with Crippen LogP contribution in [0.5, 0.6) is 0 Å².